The average molecular weight is 327 g/mol. The van der Waals surface area contributed by atoms with Crippen molar-refractivity contribution >= 4 is 17.6 Å². The molecule has 2 aromatic carbocycles. The van der Waals surface area contributed by atoms with E-state index in [1.54, 1.807) is 17.9 Å². The van der Waals surface area contributed by atoms with Crippen LogP contribution in [0, 0.1) is 5.82 Å². The van der Waals surface area contributed by atoms with Crippen molar-refractivity contribution < 1.29 is 18.7 Å². The Morgan fingerprint density at radius 1 is 1.21 bits per heavy atom. The molecule has 2 aromatic rings. The number of halogens is 1. The second kappa shape index (κ2) is 6.83. The Hall–Kier alpha value is -2.69. The first-order valence-corrected chi connectivity index (χ1v) is 7.90. The van der Waals surface area contributed by atoms with Crippen molar-refractivity contribution in [1.82, 2.24) is 0 Å². The van der Waals surface area contributed by atoms with E-state index in [4.69, 9.17) is 4.74 Å². The number of anilines is 1. The quantitative estimate of drug-likeness (QED) is 0.791. The Labute approximate surface area is 139 Å². The number of hydrogen-bond donors (Lipinski definition) is 0. The van der Waals surface area contributed by atoms with Crippen LogP contribution in [-0.4, -0.2) is 18.5 Å². The normalized spacial score (nSPS) is 16.2. The summed E-state index contributed by atoms with van der Waals surface area (Å²) in [6.45, 7) is 2.35. The van der Waals surface area contributed by atoms with E-state index in [0.717, 1.165) is 5.56 Å². The monoisotopic (exact) mass is 327 g/mol. The van der Waals surface area contributed by atoms with E-state index in [-0.39, 0.29) is 18.9 Å². The number of carbonyl (C=O) groups is 2. The third-order valence-electron chi connectivity index (χ3n) is 4.08. The summed E-state index contributed by atoms with van der Waals surface area (Å²) in [5.74, 6) is -1.77. The van der Waals surface area contributed by atoms with Crippen molar-refractivity contribution in [3.63, 3.8) is 0 Å². The summed E-state index contributed by atoms with van der Waals surface area (Å²) in [5, 5.41) is 0. The van der Waals surface area contributed by atoms with E-state index >= 15 is 0 Å². The molecule has 1 heterocycles. The Morgan fingerprint density at radius 3 is 2.67 bits per heavy atom. The van der Waals surface area contributed by atoms with E-state index in [2.05, 4.69) is 0 Å². The number of ether oxygens (including phenoxy) is 1. The smallest absolute Gasteiger partial charge is 0.306 e. The van der Waals surface area contributed by atoms with Gasteiger partial charge < -0.3 is 9.64 Å². The minimum absolute atomic E-state index is 0.0750. The van der Waals surface area contributed by atoms with E-state index < -0.39 is 17.7 Å². The molecule has 1 atom stereocenters. The summed E-state index contributed by atoms with van der Waals surface area (Å²) in [4.78, 5) is 26.2. The van der Waals surface area contributed by atoms with E-state index in [9.17, 15) is 14.0 Å². The molecule has 0 saturated heterocycles. The first-order chi connectivity index (χ1) is 11.6. The molecule has 0 aliphatic carbocycles. The molecule has 24 heavy (non-hydrogen) atoms. The Balaban J connectivity index is 1.92. The predicted molar refractivity (Wildman–Crippen MR) is 88.0 cm³/mol. The van der Waals surface area contributed by atoms with Crippen molar-refractivity contribution in [3.05, 3.63) is 65.5 Å². The van der Waals surface area contributed by atoms with Crippen LogP contribution >= 0.6 is 0 Å². The number of esters is 1. The van der Waals surface area contributed by atoms with Gasteiger partial charge >= 0.3 is 5.97 Å². The zero-order valence-electron chi connectivity index (χ0n) is 13.4. The lowest BCUT2D eigenvalue weighted by Gasteiger charge is -2.18. The molecular weight excluding hydrogens is 309 g/mol. The van der Waals surface area contributed by atoms with Crippen LogP contribution < -0.4 is 4.90 Å². The van der Waals surface area contributed by atoms with Crippen molar-refractivity contribution in [3.8, 4) is 0 Å². The maximum absolute atomic E-state index is 13.7. The van der Waals surface area contributed by atoms with Crippen molar-refractivity contribution in [1.29, 1.82) is 0 Å². The second-order valence-electron chi connectivity index (χ2n) is 5.67. The van der Waals surface area contributed by atoms with Gasteiger partial charge in [-0.3, -0.25) is 9.59 Å². The molecule has 5 heteroatoms. The Bertz CT molecular complexity index is 760. The van der Waals surface area contributed by atoms with Gasteiger partial charge in [0.25, 0.3) is 0 Å². The van der Waals surface area contributed by atoms with Gasteiger partial charge in [-0.1, -0.05) is 30.3 Å². The minimum atomic E-state index is -0.696. The van der Waals surface area contributed by atoms with Crippen molar-refractivity contribution in [2.75, 3.05) is 11.5 Å². The lowest BCUT2D eigenvalue weighted by atomic mass is 9.97. The van der Waals surface area contributed by atoms with Gasteiger partial charge in [0.1, 0.15) is 5.82 Å². The summed E-state index contributed by atoms with van der Waals surface area (Å²) in [7, 11) is 0. The fourth-order valence-electron chi connectivity index (χ4n) is 3.00. The topological polar surface area (TPSA) is 46.6 Å². The van der Waals surface area contributed by atoms with Crippen LogP contribution in [0.1, 0.15) is 30.4 Å². The molecule has 3 rings (SSSR count). The van der Waals surface area contributed by atoms with Crippen LogP contribution in [0.2, 0.25) is 0 Å². The fourth-order valence-corrected chi connectivity index (χ4v) is 3.00. The van der Waals surface area contributed by atoms with Crippen LogP contribution in [-0.2, 0) is 20.9 Å². The molecule has 1 amide bonds. The highest BCUT2D eigenvalue weighted by molar-refractivity contribution is 6.06. The maximum atomic E-state index is 13.7. The van der Waals surface area contributed by atoms with Gasteiger partial charge in [0.2, 0.25) is 5.91 Å². The Morgan fingerprint density at radius 2 is 1.96 bits per heavy atom. The van der Waals surface area contributed by atoms with Crippen LogP contribution in [0.15, 0.2) is 48.5 Å². The second-order valence-corrected chi connectivity index (χ2v) is 5.67. The first-order valence-electron chi connectivity index (χ1n) is 7.90. The van der Waals surface area contributed by atoms with E-state index in [1.165, 1.54) is 12.1 Å². The molecule has 124 valence electrons. The first kappa shape index (κ1) is 16.2. The lowest BCUT2D eigenvalue weighted by Crippen LogP contribution is -2.29. The SMILES string of the molecule is CCOC(=O)CC1C(=O)N(Cc2ccccc2)c2ccc(F)cc21. The molecule has 0 saturated carbocycles. The zero-order chi connectivity index (χ0) is 17.1. The van der Waals surface area contributed by atoms with Gasteiger partial charge in [-0.05, 0) is 36.2 Å². The summed E-state index contributed by atoms with van der Waals surface area (Å²) >= 11 is 0. The number of amides is 1. The van der Waals surface area contributed by atoms with Crippen LogP contribution in [0.4, 0.5) is 10.1 Å². The molecule has 0 spiro atoms. The third-order valence-corrected chi connectivity index (χ3v) is 4.08. The van der Waals surface area contributed by atoms with Crippen LogP contribution in [0.25, 0.3) is 0 Å². The van der Waals surface area contributed by atoms with Crippen LogP contribution in [0.3, 0.4) is 0 Å². The molecule has 4 nitrogen and oxygen atoms in total. The molecule has 1 aliphatic heterocycles. The fraction of sp³-hybridized carbons (Fsp3) is 0.263. The summed E-state index contributed by atoms with van der Waals surface area (Å²) < 4.78 is 18.6. The maximum Gasteiger partial charge on any atom is 0.306 e. The van der Waals surface area contributed by atoms with Gasteiger partial charge in [0.05, 0.1) is 25.5 Å². The van der Waals surface area contributed by atoms with Gasteiger partial charge in [0, 0.05) is 5.69 Å². The largest absolute Gasteiger partial charge is 0.466 e. The highest BCUT2D eigenvalue weighted by Crippen LogP contribution is 2.40. The molecule has 0 fully saturated rings. The van der Waals surface area contributed by atoms with Crippen molar-refractivity contribution in [2.45, 2.75) is 25.8 Å². The zero-order valence-corrected chi connectivity index (χ0v) is 13.4. The van der Waals surface area contributed by atoms with Gasteiger partial charge in [-0.2, -0.15) is 0 Å². The highest BCUT2D eigenvalue weighted by Gasteiger charge is 2.39. The molecule has 1 aliphatic rings. The predicted octanol–water partition coefficient (Wildman–Crippen LogP) is 3.41. The van der Waals surface area contributed by atoms with Gasteiger partial charge in [-0.25, -0.2) is 4.39 Å². The molecule has 0 bridgehead atoms. The summed E-state index contributed by atoms with van der Waals surface area (Å²) in [6, 6.07) is 13.8. The number of hydrogen-bond acceptors (Lipinski definition) is 3. The van der Waals surface area contributed by atoms with E-state index in [0.29, 0.717) is 17.8 Å². The lowest BCUT2D eigenvalue weighted by molar-refractivity contribution is -0.144. The summed E-state index contributed by atoms with van der Waals surface area (Å²) in [6.07, 6.45) is -0.0750. The minimum Gasteiger partial charge on any atom is -0.466 e. The highest BCUT2D eigenvalue weighted by atomic mass is 19.1. The Kier molecular flexibility index (Phi) is 4.60. The number of fused-ring (bicyclic) bond motifs is 1. The number of benzene rings is 2. The molecule has 0 N–H and O–H groups in total. The standard InChI is InChI=1S/C19H18FNO3/c1-2-24-18(22)11-16-15-10-14(20)8-9-17(15)21(19(16)23)12-13-6-4-3-5-7-13/h3-10,16H,2,11-12H2,1H3. The third kappa shape index (κ3) is 3.15. The van der Waals surface area contributed by atoms with Gasteiger partial charge in [0.15, 0.2) is 0 Å². The molecule has 0 aromatic heterocycles. The van der Waals surface area contributed by atoms with Crippen molar-refractivity contribution in [2.24, 2.45) is 0 Å². The van der Waals surface area contributed by atoms with Crippen LogP contribution in [0.5, 0.6) is 0 Å². The molecular formula is C19H18FNO3. The number of nitrogens with zero attached hydrogens (tertiary/aromatic N) is 1. The summed E-state index contributed by atoms with van der Waals surface area (Å²) in [5.41, 5.74) is 2.17. The molecule has 0 radical (unpaired) electrons. The number of carbonyl (C=O) groups excluding carboxylic acids is 2. The van der Waals surface area contributed by atoms with E-state index in [1.807, 2.05) is 30.3 Å². The average Bonchev–Trinajstić information content (AvgIpc) is 2.81. The molecule has 1 unspecified atom stereocenters. The van der Waals surface area contributed by atoms with Gasteiger partial charge in [-0.15, -0.1) is 0 Å². The number of rotatable bonds is 5.